The smallest absolute Gasteiger partial charge is 0.237 e. The van der Waals surface area contributed by atoms with Crippen LogP contribution in [-0.4, -0.2) is 24.5 Å². The van der Waals surface area contributed by atoms with E-state index in [0.717, 1.165) is 12.5 Å². The SMILES string of the molecule is O=C(NC1CCC1)C1NCC2CCCC21. The Labute approximate surface area is 91.0 Å². The second-order valence-corrected chi connectivity index (χ2v) is 5.38. The predicted molar refractivity (Wildman–Crippen MR) is 58.4 cm³/mol. The molecule has 0 aromatic carbocycles. The van der Waals surface area contributed by atoms with Crippen LogP contribution < -0.4 is 10.6 Å². The zero-order valence-corrected chi connectivity index (χ0v) is 9.17. The Kier molecular flexibility index (Phi) is 2.43. The fourth-order valence-electron chi connectivity index (χ4n) is 3.32. The molecule has 2 aliphatic carbocycles. The van der Waals surface area contributed by atoms with Crippen molar-refractivity contribution in [3.63, 3.8) is 0 Å². The van der Waals surface area contributed by atoms with Gasteiger partial charge in [-0.25, -0.2) is 0 Å². The molecule has 0 radical (unpaired) electrons. The lowest BCUT2D eigenvalue weighted by atomic mass is 9.90. The number of hydrogen-bond donors (Lipinski definition) is 2. The van der Waals surface area contributed by atoms with E-state index in [2.05, 4.69) is 10.6 Å². The van der Waals surface area contributed by atoms with Gasteiger partial charge in [-0.2, -0.15) is 0 Å². The quantitative estimate of drug-likeness (QED) is 0.712. The Bertz CT molecular complexity index is 262. The van der Waals surface area contributed by atoms with Gasteiger partial charge in [0.2, 0.25) is 5.91 Å². The van der Waals surface area contributed by atoms with E-state index in [1.54, 1.807) is 0 Å². The Morgan fingerprint density at radius 1 is 1.13 bits per heavy atom. The summed E-state index contributed by atoms with van der Waals surface area (Å²) >= 11 is 0. The molecule has 1 heterocycles. The van der Waals surface area contributed by atoms with Crippen molar-refractivity contribution >= 4 is 5.91 Å². The fraction of sp³-hybridized carbons (Fsp3) is 0.917. The molecule has 3 unspecified atom stereocenters. The van der Waals surface area contributed by atoms with Crippen molar-refractivity contribution in [1.29, 1.82) is 0 Å². The van der Waals surface area contributed by atoms with Crippen LogP contribution in [0.5, 0.6) is 0 Å². The van der Waals surface area contributed by atoms with Gasteiger partial charge in [-0.05, 0) is 50.5 Å². The van der Waals surface area contributed by atoms with Crippen LogP contribution in [-0.2, 0) is 4.79 Å². The average Bonchev–Trinajstić information content (AvgIpc) is 2.71. The summed E-state index contributed by atoms with van der Waals surface area (Å²) in [5, 5.41) is 6.57. The summed E-state index contributed by atoms with van der Waals surface area (Å²) in [6.45, 7) is 1.06. The Morgan fingerprint density at radius 3 is 2.67 bits per heavy atom. The van der Waals surface area contributed by atoms with Crippen molar-refractivity contribution in [2.24, 2.45) is 11.8 Å². The Balaban J connectivity index is 1.58. The first-order chi connectivity index (χ1) is 7.34. The van der Waals surface area contributed by atoms with Crippen LogP contribution in [0.2, 0.25) is 0 Å². The first-order valence-corrected chi connectivity index (χ1v) is 6.38. The molecule has 3 atom stereocenters. The van der Waals surface area contributed by atoms with Crippen LogP contribution in [0, 0.1) is 11.8 Å². The van der Waals surface area contributed by atoms with Crippen molar-refractivity contribution in [2.75, 3.05) is 6.54 Å². The van der Waals surface area contributed by atoms with Crippen LogP contribution >= 0.6 is 0 Å². The first-order valence-electron chi connectivity index (χ1n) is 6.38. The molecule has 3 aliphatic rings. The number of hydrogen-bond acceptors (Lipinski definition) is 2. The molecule has 3 heteroatoms. The fourth-order valence-corrected chi connectivity index (χ4v) is 3.32. The molecule has 1 saturated heterocycles. The molecule has 0 bridgehead atoms. The zero-order chi connectivity index (χ0) is 10.3. The van der Waals surface area contributed by atoms with Gasteiger partial charge in [-0.1, -0.05) is 6.42 Å². The molecule has 15 heavy (non-hydrogen) atoms. The van der Waals surface area contributed by atoms with Crippen LogP contribution in [0.25, 0.3) is 0 Å². The standard InChI is InChI=1S/C12H20N2O/c15-12(14-9-4-2-5-9)11-10-6-1-3-8(10)7-13-11/h8-11,13H,1-7H2,(H,14,15). The summed E-state index contributed by atoms with van der Waals surface area (Å²) < 4.78 is 0. The van der Waals surface area contributed by atoms with E-state index in [9.17, 15) is 4.79 Å². The number of rotatable bonds is 2. The van der Waals surface area contributed by atoms with Crippen molar-refractivity contribution in [3.05, 3.63) is 0 Å². The highest BCUT2D eigenvalue weighted by molar-refractivity contribution is 5.83. The maximum absolute atomic E-state index is 12.0. The van der Waals surface area contributed by atoms with E-state index in [-0.39, 0.29) is 11.9 Å². The van der Waals surface area contributed by atoms with Gasteiger partial charge >= 0.3 is 0 Å². The summed E-state index contributed by atoms with van der Waals surface area (Å²) in [7, 11) is 0. The lowest BCUT2D eigenvalue weighted by Gasteiger charge is -2.29. The van der Waals surface area contributed by atoms with Crippen LogP contribution in [0.4, 0.5) is 0 Å². The highest BCUT2D eigenvalue weighted by Gasteiger charge is 2.42. The lowest BCUT2D eigenvalue weighted by molar-refractivity contribution is -0.125. The molecule has 1 aliphatic heterocycles. The minimum atomic E-state index is 0.123. The summed E-state index contributed by atoms with van der Waals surface area (Å²) in [5.41, 5.74) is 0. The largest absolute Gasteiger partial charge is 0.352 e. The van der Waals surface area contributed by atoms with Gasteiger partial charge in [-0.15, -0.1) is 0 Å². The Hall–Kier alpha value is -0.570. The third kappa shape index (κ3) is 1.67. The summed E-state index contributed by atoms with van der Waals surface area (Å²) in [4.78, 5) is 12.0. The molecule has 0 aromatic heterocycles. The molecule has 0 aromatic rings. The molecule has 3 rings (SSSR count). The highest BCUT2D eigenvalue weighted by Crippen LogP contribution is 2.37. The zero-order valence-electron chi connectivity index (χ0n) is 9.17. The number of carbonyl (C=O) groups is 1. The molecule has 2 N–H and O–H groups in total. The topological polar surface area (TPSA) is 41.1 Å². The number of nitrogens with one attached hydrogen (secondary N) is 2. The van der Waals surface area contributed by atoms with Crippen molar-refractivity contribution in [1.82, 2.24) is 10.6 Å². The van der Waals surface area contributed by atoms with Crippen molar-refractivity contribution in [3.8, 4) is 0 Å². The van der Waals surface area contributed by atoms with Crippen molar-refractivity contribution < 1.29 is 4.79 Å². The number of amides is 1. The van der Waals surface area contributed by atoms with Crippen LogP contribution in [0.3, 0.4) is 0 Å². The third-order valence-electron chi connectivity index (χ3n) is 4.48. The molecular formula is C12H20N2O. The van der Waals surface area contributed by atoms with E-state index in [0.29, 0.717) is 12.0 Å². The molecule has 84 valence electrons. The maximum atomic E-state index is 12.0. The van der Waals surface area contributed by atoms with Gasteiger partial charge in [0.25, 0.3) is 0 Å². The van der Waals surface area contributed by atoms with Gasteiger partial charge in [0.1, 0.15) is 0 Å². The second kappa shape index (κ2) is 3.78. The number of carbonyl (C=O) groups excluding carboxylic acids is 1. The first kappa shape index (κ1) is 9.64. The van der Waals surface area contributed by atoms with Gasteiger partial charge in [0.05, 0.1) is 6.04 Å². The number of fused-ring (bicyclic) bond motifs is 1. The lowest BCUT2D eigenvalue weighted by Crippen LogP contribution is -2.49. The summed E-state index contributed by atoms with van der Waals surface area (Å²) in [5.74, 6) is 1.68. The second-order valence-electron chi connectivity index (χ2n) is 5.38. The average molecular weight is 208 g/mol. The van der Waals surface area contributed by atoms with E-state index < -0.39 is 0 Å². The van der Waals surface area contributed by atoms with E-state index in [1.807, 2.05) is 0 Å². The maximum Gasteiger partial charge on any atom is 0.237 e. The predicted octanol–water partition coefficient (Wildman–Crippen LogP) is 1.04. The molecular weight excluding hydrogens is 188 g/mol. The minimum Gasteiger partial charge on any atom is -0.352 e. The summed E-state index contributed by atoms with van der Waals surface area (Å²) in [6.07, 6.45) is 7.56. The van der Waals surface area contributed by atoms with Gasteiger partial charge < -0.3 is 10.6 Å². The van der Waals surface area contributed by atoms with Gasteiger partial charge in [0.15, 0.2) is 0 Å². The molecule has 1 amide bonds. The van der Waals surface area contributed by atoms with Gasteiger partial charge in [-0.3, -0.25) is 4.79 Å². The molecule has 0 spiro atoms. The van der Waals surface area contributed by atoms with E-state index in [4.69, 9.17) is 0 Å². The minimum absolute atomic E-state index is 0.123. The highest BCUT2D eigenvalue weighted by atomic mass is 16.2. The Morgan fingerprint density at radius 2 is 1.93 bits per heavy atom. The summed E-state index contributed by atoms with van der Waals surface area (Å²) in [6, 6.07) is 0.609. The normalized spacial score (nSPS) is 39.9. The molecule has 3 fully saturated rings. The van der Waals surface area contributed by atoms with Crippen LogP contribution in [0.1, 0.15) is 38.5 Å². The molecule has 3 nitrogen and oxygen atoms in total. The van der Waals surface area contributed by atoms with E-state index >= 15 is 0 Å². The monoisotopic (exact) mass is 208 g/mol. The van der Waals surface area contributed by atoms with Crippen LogP contribution in [0.15, 0.2) is 0 Å². The third-order valence-corrected chi connectivity index (χ3v) is 4.48. The van der Waals surface area contributed by atoms with Crippen molar-refractivity contribution in [2.45, 2.75) is 50.6 Å². The van der Waals surface area contributed by atoms with E-state index in [1.165, 1.54) is 38.5 Å². The van der Waals surface area contributed by atoms with Gasteiger partial charge in [0, 0.05) is 6.04 Å². The molecule has 2 saturated carbocycles.